The van der Waals surface area contributed by atoms with Crippen molar-refractivity contribution in [3.8, 4) is 6.07 Å². The van der Waals surface area contributed by atoms with E-state index in [1.54, 1.807) is 11.4 Å². The predicted octanol–water partition coefficient (Wildman–Crippen LogP) is 3.04. The van der Waals surface area contributed by atoms with Gasteiger partial charge in [0.1, 0.15) is 15.9 Å². The van der Waals surface area contributed by atoms with Crippen LogP contribution in [0.25, 0.3) is 10.2 Å². The van der Waals surface area contributed by atoms with Crippen LogP contribution in [0, 0.1) is 25.2 Å². The molecule has 0 radical (unpaired) electrons. The average molecular weight is 358 g/mol. The largest absolute Gasteiger partial charge is 0.317 e. The number of nitrogens with one attached hydrogen (secondary N) is 1. The van der Waals surface area contributed by atoms with Gasteiger partial charge < -0.3 is 5.32 Å². The van der Waals surface area contributed by atoms with Crippen molar-refractivity contribution in [2.24, 2.45) is 0 Å². The second-order valence-electron chi connectivity index (χ2n) is 5.28. The van der Waals surface area contributed by atoms with Gasteiger partial charge in [-0.15, -0.1) is 22.7 Å². The molecule has 0 aliphatic heterocycles. The highest BCUT2D eigenvalue weighted by atomic mass is 32.1. The van der Waals surface area contributed by atoms with Gasteiger partial charge in [-0.1, -0.05) is 0 Å². The zero-order chi connectivity index (χ0) is 17.3. The van der Waals surface area contributed by atoms with Crippen LogP contribution in [0.2, 0.25) is 0 Å². The van der Waals surface area contributed by atoms with Gasteiger partial charge in [0, 0.05) is 17.8 Å². The van der Waals surface area contributed by atoms with Crippen LogP contribution < -0.4 is 10.9 Å². The minimum Gasteiger partial charge on any atom is -0.317 e. The number of anilines is 1. The summed E-state index contributed by atoms with van der Waals surface area (Å²) in [6.07, 6.45) is 1.62. The minimum absolute atomic E-state index is 0.122. The highest BCUT2D eigenvalue weighted by Crippen LogP contribution is 2.25. The lowest BCUT2D eigenvalue weighted by atomic mass is 10.2. The standard InChI is InChI=1S/C16H14N4O2S2/c1-9-10(2)24-15-13(9)16(22)20(8-18-15)5-3-12(21)19-14-11(7-17)4-6-23-14/h4,6,8H,3,5H2,1-2H3,(H,19,21). The Balaban J connectivity index is 1.75. The second kappa shape index (κ2) is 6.55. The number of nitrogens with zero attached hydrogens (tertiary/aromatic N) is 3. The summed E-state index contributed by atoms with van der Waals surface area (Å²) in [7, 11) is 0. The molecule has 1 N–H and O–H groups in total. The fourth-order valence-corrected chi connectivity index (χ4v) is 4.08. The zero-order valence-electron chi connectivity index (χ0n) is 13.1. The quantitative estimate of drug-likeness (QED) is 0.776. The second-order valence-corrected chi connectivity index (χ2v) is 7.40. The molecule has 3 rings (SSSR count). The third-order valence-electron chi connectivity index (χ3n) is 3.77. The van der Waals surface area contributed by atoms with E-state index in [9.17, 15) is 9.59 Å². The molecule has 24 heavy (non-hydrogen) atoms. The first kappa shape index (κ1) is 16.4. The number of carbonyl (C=O) groups is 1. The first-order valence-corrected chi connectivity index (χ1v) is 8.93. The smallest absolute Gasteiger partial charge is 0.262 e. The van der Waals surface area contributed by atoms with Gasteiger partial charge >= 0.3 is 0 Å². The van der Waals surface area contributed by atoms with Gasteiger partial charge in [0.15, 0.2) is 0 Å². The number of rotatable bonds is 4. The fraction of sp³-hybridized carbons (Fsp3) is 0.250. The monoisotopic (exact) mass is 358 g/mol. The van der Waals surface area contributed by atoms with E-state index in [-0.39, 0.29) is 24.4 Å². The van der Waals surface area contributed by atoms with Crippen LogP contribution >= 0.6 is 22.7 Å². The van der Waals surface area contributed by atoms with Crippen LogP contribution in [0.3, 0.4) is 0 Å². The van der Waals surface area contributed by atoms with Gasteiger partial charge in [0.25, 0.3) is 5.56 Å². The number of fused-ring (bicyclic) bond motifs is 1. The van der Waals surface area contributed by atoms with E-state index in [1.807, 2.05) is 19.9 Å². The Morgan fingerprint density at radius 2 is 2.25 bits per heavy atom. The van der Waals surface area contributed by atoms with E-state index in [2.05, 4.69) is 10.3 Å². The van der Waals surface area contributed by atoms with Crippen LogP contribution in [0.1, 0.15) is 22.4 Å². The van der Waals surface area contributed by atoms with Crippen LogP contribution in [0.5, 0.6) is 0 Å². The van der Waals surface area contributed by atoms with Gasteiger partial charge in [-0.2, -0.15) is 5.26 Å². The third kappa shape index (κ3) is 2.96. The SMILES string of the molecule is Cc1sc2ncn(CCC(=O)Nc3sccc3C#N)c(=O)c2c1C. The summed E-state index contributed by atoms with van der Waals surface area (Å²) in [4.78, 5) is 30.7. The highest BCUT2D eigenvalue weighted by Gasteiger charge is 2.13. The topological polar surface area (TPSA) is 87.8 Å². The Morgan fingerprint density at radius 1 is 1.46 bits per heavy atom. The maximum atomic E-state index is 12.5. The van der Waals surface area contributed by atoms with Crippen LogP contribution in [-0.2, 0) is 11.3 Å². The Bertz CT molecular complexity index is 1020. The average Bonchev–Trinajstić information content (AvgIpc) is 3.11. The minimum atomic E-state index is -0.237. The number of aryl methyl sites for hydroxylation is 3. The van der Waals surface area contributed by atoms with Crippen LogP contribution in [-0.4, -0.2) is 15.5 Å². The molecule has 0 fully saturated rings. The van der Waals surface area contributed by atoms with Crippen molar-refractivity contribution in [2.75, 3.05) is 5.32 Å². The third-order valence-corrected chi connectivity index (χ3v) is 5.72. The first-order valence-electron chi connectivity index (χ1n) is 7.24. The summed E-state index contributed by atoms with van der Waals surface area (Å²) in [6.45, 7) is 4.12. The van der Waals surface area contributed by atoms with Crippen molar-refractivity contribution in [1.29, 1.82) is 5.26 Å². The molecular weight excluding hydrogens is 344 g/mol. The summed E-state index contributed by atoms with van der Waals surface area (Å²) < 4.78 is 1.46. The lowest BCUT2D eigenvalue weighted by molar-refractivity contribution is -0.116. The van der Waals surface area contributed by atoms with Crippen LogP contribution in [0.15, 0.2) is 22.6 Å². The molecule has 1 amide bonds. The maximum absolute atomic E-state index is 12.5. The van der Waals surface area contributed by atoms with E-state index < -0.39 is 0 Å². The zero-order valence-corrected chi connectivity index (χ0v) is 14.8. The van der Waals surface area contributed by atoms with Crippen molar-refractivity contribution < 1.29 is 4.79 Å². The fourth-order valence-electron chi connectivity index (χ4n) is 2.33. The Kier molecular flexibility index (Phi) is 4.46. The molecule has 0 aromatic carbocycles. The molecule has 6 nitrogen and oxygen atoms in total. The molecule has 3 heterocycles. The normalized spacial score (nSPS) is 10.7. The van der Waals surface area contributed by atoms with Crippen molar-refractivity contribution in [3.05, 3.63) is 44.1 Å². The molecule has 0 unspecified atom stereocenters. The van der Waals surface area contributed by atoms with Gasteiger partial charge in [-0.25, -0.2) is 4.98 Å². The van der Waals surface area contributed by atoms with Gasteiger partial charge in [-0.05, 0) is 30.9 Å². The Hall–Kier alpha value is -2.50. The molecule has 0 saturated carbocycles. The van der Waals surface area contributed by atoms with Crippen molar-refractivity contribution in [2.45, 2.75) is 26.8 Å². The van der Waals surface area contributed by atoms with E-state index in [0.717, 1.165) is 15.3 Å². The van der Waals surface area contributed by atoms with Crippen LogP contribution in [0.4, 0.5) is 5.00 Å². The summed E-state index contributed by atoms with van der Waals surface area (Å²) >= 11 is 2.80. The number of hydrogen-bond acceptors (Lipinski definition) is 6. The summed E-state index contributed by atoms with van der Waals surface area (Å²) in [5.74, 6) is -0.237. The number of aromatic nitrogens is 2. The first-order chi connectivity index (χ1) is 11.5. The number of amides is 1. The molecular formula is C16H14N4O2S2. The van der Waals surface area contributed by atoms with Gasteiger partial charge in [-0.3, -0.25) is 14.2 Å². The maximum Gasteiger partial charge on any atom is 0.262 e. The predicted molar refractivity (Wildman–Crippen MR) is 95.6 cm³/mol. The number of hydrogen-bond donors (Lipinski definition) is 1. The number of nitriles is 1. The molecule has 0 bridgehead atoms. The van der Waals surface area contributed by atoms with Crippen molar-refractivity contribution in [3.63, 3.8) is 0 Å². The Labute approximate surface area is 146 Å². The summed E-state index contributed by atoms with van der Waals surface area (Å²) in [6, 6.07) is 3.68. The highest BCUT2D eigenvalue weighted by molar-refractivity contribution is 7.18. The van der Waals surface area contributed by atoms with Crippen molar-refractivity contribution in [1.82, 2.24) is 9.55 Å². The van der Waals surface area contributed by atoms with Gasteiger partial charge in [0.2, 0.25) is 5.91 Å². The summed E-state index contributed by atoms with van der Waals surface area (Å²) in [5, 5.41) is 14.6. The molecule has 3 aromatic heterocycles. The molecule has 8 heteroatoms. The molecule has 0 aliphatic carbocycles. The molecule has 0 aliphatic rings. The number of thiophene rings is 2. The molecule has 0 atom stereocenters. The molecule has 122 valence electrons. The van der Waals surface area contributed by atoms with E-state index in [4.69, 9.17) is 5.26 Å². The van der Waals surface area contributed by atoms with Crippen molar-refractivity contribution >= 4 is 43.8 Å². The molecule has 0 saturated heterocycles. The Morgan fingerprint density at radius 3 is 3.00 bits per heavy atom. The van der Waals surface area contributed by atoms with E-state index in [0.29, 0.717) is 16.0 Å². The number of carbonyl (C=O) groups excluding carboxylic acids is 1. The lowest BCUT2D eigenvalue weighted by Gasteiger charge is -2.06. The van der Waals surface area contributed by atoms with E-state index in [1.165, 1.54) is 33.6 Å². The summed E-state index contributed by atoms with van der Waals surface area (Å²) in [5.41, 5.74) is 1.27. The molecule has 3 aromatic rings. The van der Waals surface area contributed by atoms with E-state index >= 15 is 0 Å². The lowest BCUT2D eigenvalue weighted by Crippen LogP contribution is -2.23. The van der Waals surface area contributed by atoms with Gasteiger partial charge in [0.05, 0.1) is 17.3 Å². The molecule has 0 spiro atoms.